The summed E-state index contributed by atoms with van der Waals surface area (Å²) in [4.78, 5) is 20.7. The van der Waals surface area contributed by atoms with E-state index >= 15 is 0 Å². The Morgan fingerprint density at radius 3 is 2.92 bits per heavy atom. The van der Waals surface area contributed by atoms with Crippen LogP contribution >= 0.6 is 15.9 Å². The van der Waals surface area contributed by atoms with Crippen molar-refractivity contribution in [2.75, 3.05) is 11.4 Å². The fraction of sp³-hybridized carbons (Fsp3) is 0.333. The molecule has 120 valence electrons. The summed E-state index contributed by atoms with van der Waals surface area (Å²) >= 11 is 3.49. The molecule has 4 heterocycles. The molecule has 0 aromatic carbocycles. The lowest BCUT2D eigenvalue weighted by molar-refractivity contribution is 0.700. The molecular weight excluding hydrogens is 366 g/mol. The van der Waals surface area contributed by atoms with Gasteiger partial charge in [0.1, 0.15) is 11.6 Å². The first-order valence-corrected chi connectivity index (χ1v) is 9.07. The number of halogens is 1. The van der Waals surface area contributed by atoms with Crippen LogP contribution < -0.4 is 4.90 Å². The number of aromatic nitrogens is 4. The third-order valence-electron chi connectivity index (χ3n) is 4.71. The molecule has 1 fully saturated rings. The molecule has 0 bridgehead atoms. The molecule has 6 heteroatoms. The summed E-state index contributed by atoms with van der Waals surface area (Å²) in [7, 11) is 0. The third kappa shape index (κ3) is 2.55. The van der Waals surface area contributed by atoms with Crippen LogP contribution in [0.1, 0.15) is 35.8 Å². The highest BCUT2D eigenvalue weighted by molar-refractivity contribution is 9.10. The summed E-state index contributed by atoms with van der Waals surface area (Å²) < 4.78 is 0.981. The van der Waals surface area contributed by atoms with Gasteiger partial charge in [0, 0.05) is 53.4 Å². The monoisotopic (exact) mass is 381 g/mol. The molecule has 3 aromatic rings. The van der Waals surface area contributed by atoms with Crippen LogP contribution in [0.2, 0.25) is 0 Å². The summed E-state index contributed by atoms with van der Waals surface area (Å²) in [6.45, 7) is 1.77. The maximum Gasteiger partial charge on any atom is 0.159 e. The molecular formula is C18H16BrN5. The Morgan fingerprint density at radius 2 is 2.04 bits per heavy atom. The summed E-state index contributed by atoms with van der Waals surface area (Å²) in [6, 6.07) is 6.30. The van der Waals surface area contributed by atoms with Crippen LogP contribution in [0.3, 0.4) is 0 Å². The van der Waals surface area contributed by atoms with Crippen molar-refractivity contribution in [1.29, 1.82) is 0 Å². The first-order valence-electron chi connectivity index (χ1n) is 8.28. The van der Waals surface area contributed by atoms with E-state index in [1.54, 1.807) is 6.20 Å². The smallest absolute Gasteiger partial charge is 0.159 e. The van der Waals surface area contributed by atoms with E-state index in [9.17, 15) is 0 Å². The molecule has 3 aromatic heterocycles. The molecule has 0 amide bonds. The van der Waals surface area contributed by atoms with Crippen molar-refractivity contribution in [3.8, 4) is 0 Å². The highest BCUT2D eigenvalue weighted by atomic mass is 79.9. The van der Waals surface area contributed by atoms with Gasteiger partial charge < -0.3 is 4.90 Å². The van der Waals surface area contributed by atoms with E-state index in [1.165, 1.54) is 18.4 Å². The van der Waals surface area contributed by atoms with Crippen LogP contribution in [-0.4, -0.2) is 26.5 Å². The van der Waals surface area contributed by atoms with Crippen molar-refractivity contribution < 1.29 is 0 Å². The Hall–Kier alpha value is -2.08. The molecule has 1 saturated carbocycles. The molecule has 1 aliphatic heterocycles. The summed E-state index contributed by atoms with van der Waals surface area (Å²) in [6.07, 6.45) is 7.07. The summed E-state index contributed by atoms with van der Waals surface area (Å²) in [5.41, 5.74) is 3.24. The zero-order valence-corrected chi connectivity index (χ0v) is 14.7. The minimum absolute atomic E-state index is 0.580. The maximum absolute atomic E-state index is 4.78. The molecule has 24 heavy (non-hydrogen) atoms. The zero-order chi connectivity index (χ0) is 16.1. The van der Waals surface area contributed by atoms with Gasteiger partial charge in [-0.15, -0.1) is 0 Å². The Morgan fingerprint density at radius 1 is 1.12 bits per heavy atom. The van der Waals surface area contributed by atoms with E-state index in [0.29, 0.717) is 5.92 Å². The van der Waals surface area contributed by atoms with E-state index in [-0.39, 0.29) is 0 Å². The van der Waals surface area contributed by atoms with Crippen LogP contribution in [0, 0.1) is 0 Å². The van der Waals surface area contributed by atoms with Crippen LogP contribution in [0.15, 0.2) is 35.1 Å². The van der Waals surface area contributed by atoms with Gasteiger partial charge in [0.25, 0.3) is 0 Å². The number of hydrogen-bond donors (Lipinski definition) is 0. The van der Waals surface area contributed by atoms with Gasteiger partial charge in [-0.05, 0) is 52.5 Å². The van der Waals surface area contributed by atoms with Crippen molar-refractivity contribution in [2.24, 2.45) is 0 Å². The van der Waals surface area contributed by atoms with Crippen LogP contribution in [0.25, 0.3) is 11.0 Å². The Kier molecular flexibility index (Phi) is 3.26. The van der Waals surface area contributed by atoms with Crippen LogP contribution in [0.5, 0.6) is 0 Å². The first kappa shape index (κ1) is 14.3. The molecule has 5 nitrogen and oxygen atoms in total. The predicted molar refractivity (Wildman–Crippen MR) is 96.0 cm³/mol. The predicted octanol–water partition coefficient (Wildman–Crippen LogP) is 3.62. The van der Waals surface area contributed by atoms with Crippen molar-refractivity contribution in [3.05, 3.63) is 52.1 Å². The Balaban J connectivity index is 1.49. The number of anilines is 1. The standard InChI is InChI=1S/C18H16BrN5/c19-14-8-12-7-13-10-24(6-4-15(13)22-18(12)21-9-14)16-3-5-20-17(23-16)11-1-2-11/h3,5,7-9,11H,1-2,4,6,10H2. The topological polar surface area (TPSA) is 54.8 Å². The SMILES string of the molecule is Brc1cnc2nc3c(cc2c1)CN(c1ccnc(C2CC2)n1)CC3. The van der Waals surface area contributed by atoms with Gasteiger partial charge in [-0.3, -0.25) is 0 Å². The second kappa shape index (κ2) is 5.48. The van der Waals surface area contributed by atoms with Crippen molar-refractivity contribution in [1.82, 2.24) is 19.9 Å². The number of hydrogen-bond acceptors (Lipinski definition) is 5. The lowest BCUT2D eigenvalue weighted by Gasteiger charge is -2.29. The second-order valence-electron chi connectivity index (χ2n) is 6.51. The number of fused-ring (bicyclic) bond motifs is 2. The second-order valence-corrected chi connectivity index (χ2v) is 7.43. The van der Waals surface area contributed by atoms with Crippen molar-refractivity contribution in [2.45, 2.75) is 31.7 Å². The van der Waals surface area contributed by atoms with Gasteiger partial charge in [-0.1, -0.05) is 0 Å². The molecule has 0 N–H and O–H groups in total. The molecule has 0 atom stereocenters. The van der Waals surface area contributed by atoms with Gasteiger partial charge in [0.2, 0.25) is 0 Å². The Labute approximate surface area is 148 Å². The molecule has 2 aliphatic rings. The fourth-order valence-corrected chi connectivity index (χ4v) is 3.62. The third-order valence-corrected chi connectivity index (χ3v) is 5.14. The van der Waals surface area contributed by atoms with Gasteiger partial charge >= 0.3 is 0 Å². The molecule has 5 rings (SSSR count). The number of nitrogens with zero attached hydrogens (tertiary/aromatic N) is 5. The first-order chi connectivity index (χ1) is 11.8. The van der Waals surface area contributed by atoms with Crippen molar-refractivity contribution in [3.63, 3.8) is 0 Å². The fourth-order valence-electron chi connectivity index (χ4n) is 3.27. The molecule has 1 aliphatic carbocycles. The quantitative estimate of drug-likeness (QED) is 0.678. The van der Waals surface area contributed by atoms with Crippen LogP contribution in [-0.2, 0) is 13.0 Å². The van der Waals surface area contributed by atoms with Crippen LogP contribution in [0.4, 0.5) is 5.82 Å². The highest BCUT2D eigenvalue weighted by Gasteiger charge is 2.27. The molecule has 0 unspecified atom stereocenters. The largest absolute Gasteiger partial charge is 0.352 e. The number of rotatable bonds is 2. The van der Waals surface area contributed by atoms with Gasteiger partial charge in [0.05, 0.1) is 0 Å². The van der Waals surface area contributed by atoms with E-state index in [0.717, 1.165) is 52.4 Å². The molecule has 0 radical (unpaired) electrons. The highest BCUT2D eigenvalue weighted by Crippen LogP contribution is 2.38. The normalized spacial score (nSPS) is 17.1. The molecule has 0 saturated heterocycles. The summed E-state index contributed by atoms with van der Waals surface area (Å²) in [5, 5.41) is 1.08. The zero-order valence-electron chi connectivity index (χ0n) is 13.1. The van der Waals surface area contributed by atoms with Crippen molar-refractivity contribution >= 4 is 32.8 Å². The Bertz CT molecular complexity index is 938. The average molecular weight is 382 g/mol. The van der Waals surface area contributed by atoms with Gasteiger partial charge in [0.15, 0.2) is 5.65 Å². The average Bonchev–Trinajstić information content (AvgIpc) is 3.45. The van der Waals surface area contributed by atoms with E-state index in [4.69, 9.17) is 9.97 Å². The molecule has 0 spiro atoms. The van der Waals surface area contributed by atoms with E-state index in [2.05, 4.69) is 42.9 Å². The van der Waals surface area contributed by atoms with E-state index < -0.39 is 0 Å². The van der Waals surface area contributed by atoms with E-state index in [1.807, 2.05) is 12.3 Å². The lowest BCUT2D eigenvalue weighted by Crippen LogP contribution is -2.31. The van der Waals surface area contributed by atoms with Gasteiger partial charge in [-0.25, -0.2) is 19.9 Å². The minimum atomic E-state index is 0.580. The van der Waals surface area contributed by atoms with Gasteiger partial charge in [-0.2, -0.15) is 0 Å². The lowest BCUT2D eigenvalue weighted by atomic mass is 10.0. The number of pyridine rings is 2. The summed E-state index contributed by atoms with van der Waals surface area (Å²) in [5.74, 6) is 2.61. The maximum atomic E-state index is 4.78. The minimum Gasteiger partial charge on any atom is -0.352 e.